The summed E-state index contributed by atoms with van der Waals surface area (Å²) in [5.41, 5.74) is 2.61. The molecule has 0 aliphatic carbocycles. The van der Waals surface area contributed by atoms with Gasteiger partial charge in [-0.25, -0.2) is 9.21 Å². The summed E-state index contributed by atoms with van der Waals surface area (Å²) in [5.74, 6) is -0.0566. The van der Waals surface area contributed by atoms with E-state index in [0.717, 1.165) is 41.6 Å². The van der Waals surface area contributed by atoms with Gasteiger partial charge in [-0.05, 0) is 61.6 Å². The van der Waals surface area contributed by atoms with Crippen molar-refractivity contribution in [2.75, 3.05) is 26.7 Å². The van der Waals surface area contributed by atoms with E-state index in [-0.39, 0.29) is 5.92 Å². The molecule has 1 heterocycles. The van der Waals surface area contributed by atoms with Crippen molar-refractivity contribution in [3.63, 3.8) is 0 Å². The zero-order chi connectivity index (χ0) is 22.4. The van der Waals surface area contributed by atoms with Crippen LogP contribution in [0.25, 0.3) is 11.1 Å². The summed E-state index contributed by atoms with van der Waals surface area (Å²) in [6.07, 6.45) is 2.35. The first kappa shape index (κ1) is 23.9. The van der Waals surface area contributed by atoms with Crippen LogP contribution in [0.1, 0.15) is 36.8 Å². The quantitative estimate of drug-likeness (QED) is 0.419. The van der Waals surface area contributed by atoms with Crippen LogP contribution in [0.5, 0.6) is 0 Å². The van der Waals surface area contributed by atoms with Crippen LogP contribution in [-0.4, -0.2) is 42.4 Å². The third kappa shape index (κ3) is 5.72. The Bertz CT molecular complexity index is 908. The van der Waals surface area contributed by atoms with Gasteiger partial charge in [-0.3, -0.25) is 0 Å². The molecule has 0 radical (unpaired) electrons. The molecule has 7 heteroatoms. The molecule has 1 aliphatic heterocycles. The third-order valence-electron chi connectivity index (χ3n) is 6.02. The van der Waals surface area contributed by atoms with Crippen molar-refractivity contribution < 1.29 is 14.6 Å². The number of carbonyl (C=O) groups is 1. The molecule has 0 spiro atoms. The van der Waals surface area contributed by atoms with Crippen LogP contribution in [-0.2, 0) is 10.3 Å². The molecule has 1 fully saturated rings. The number of nitrogens with one attached hydrogen (secondary N) is 1. The lowest BCUT2D eigenvalue weighted by Crippen LogP contribution is -2.44. The Kier molecular flexibility index (Phi) is 8.23. The fourth-order valence-electron chi connectivity index (χ4n) is 4.48. The molecular formula is C24H30Cl2N2O3. The second-order valence-corrected chi connectivity index (χ2v) is 9.07. The smallest absolute Gasteiger partial charge is 0.406 e. The Morgan fingerprint density at radius 2 is 2.10 bits per heavy atom. The zero-order valence-corrected chi connectivity index (χ0v) is 19.5. The highest BCUT2D eigenvalue weighted by Gasteiger charge is 2.42. The van der Waals surface area contributed by atoms with Gasteiger partial charge in [0.25, 0.3) is 0 Å². The van der Waals surface area contributed by atoms with Gasteiger partial charge in [-0.2, -0.15) is 0 Å². The minimum atomic E-state index is -1.14. The number of ether oxygens (including phenoxy) is 1. The number of nitrogens with zero attached hydrogens (tertiary/aromatic N) is 1. The number of hydrogen-bond acceptors (Lipinski definition) is 4. The molecule has 0 aromatic heterocycles. The van der Waals surface area contributed by atoms with Crippen LogP contribution in [0.3, 0.4) is 0 Å². The Morgan fingerprint density at radius 3 is 2.81 bits per heavy atom. The Balaban J connectivity index is 2.01. The molecular weight excluding hydrogens is 435 g/mol. The predicted molar refractivity (Wildman–Crippen MR) is 125 cm³/mol. The SMILES string of the molecule is COC(=O)NCCC[C@@](O)(c1cccc(Cl)c1-c1cccc(C)c1)[C@@H]1CCCN(Cl)C1. The van der Waals surface area contributed by atoms with Crippen LogP contribution in [0.15, 0.2) is 42.5 Å². The number of carbonyl (C=O) groups excluding carboxylic acids is 1. The Labute approximate surface area is 194 Å². The highest BCUT2D eigenvalue weighted by molar-refractivity contribution is 6.33. The van der Waals surface area contributed by atoms with Crippen molar-refractivity contribution in [3.05, 3.63) is 58.6 Å². The number of hydrogen-bond donors (Lipinski definition) is 2. The fraction of sp³-hybridized carbons (Fsp3) is 0.458. The molecule has 31 heavy (non-hydrogen) atoms. The molecule has 1 amide bonds. The minimum Gasteiger partial charge on any atom is -0.453 e. The van der Waals surface area contributed by atoms with Gasteiger partial charge in [-0.15, -0.1) is 0 Å². The number of halogens is 2. The van der Waals surface area contributed by atoms with E-state index in [1.807, 2.05) is 43.3 Å². The summed E-state index contributed by atoms with van der Waals surface area (Å²) in [5, 5.41) is 15.5. The van der Waals surface area contributed by atoms with E-state index in [4.69, 9.17) is 23.4 Å². The number of aryl methyl sites for hydroxylation is 1. The molecule has 0 bridgehead atoms. The maximum atomic E-state index is 12.2. The van der Waals surface area contributed by atoms with Crippen molar-refractivity contribution in [2.45, 2.75) is 38.2 Å². The van der Waals surface area contributed by atoms with Crippen molar-refractivity contribution in [2.24, 2.45) is 5.92 Å². The van der Waals surface area contributed by atoms with Gasteiger partial charge < -0.3 is 15.2 Å². The average Bonchev–Trinajstić information content (AvgIpc) is 2.76. The van der Waals surface area contributed by atoms with Gasteiger partial charge in [0.15, 0.2) is 0 Å². The summed E-state index contributed by atoms with van der Waals surface area (Å²) >= 11 is 13.0. The summed E-state index contributed by atoms with van der Waals surface area (Å²) in [4.78, 5) is 11.4. The van der Waals surface area contributed by atoms with E-state index < -0.39 is 11.7 Å². The summed E-state index contributed by atoms with van der Waals surface area (Å²) in [6.45, 7) is 3.84. The van der Waals surface area contributed by atoms with Crippen molar-refractivity contribution in [1.82, 2.24) is 9.74 Å². The largest absolute Gasteiger partial charge is 0.453 e. The first-order valence-electron chi connectivity index (χ1n) is 10.7. The van der Waals surface area contributed by atoms with Gasteiger partial charge in [0.1, 0.15) is 0 Å². The molecule has 0 saturated carbocycles. The van der Waals surface area contributed by atoms with Crippen LogP contribution >= 0.6 is 23.4 Å². The molecule has 1 aliphatic rings. The van der Waals surface area contributed by atoms with Gasteiger partial charge >= 0.3 is 6.09 Å². The van der Waals surface area contributed by atoms with Crippen LogP contribution in [0.4, 0.5) is 4.79 Å². The van der Waals surface area contributed by atoms with E-state index in [9.17, 15) is 9.90 Å². The Morgan fingerprint density at radius 1 is 1.32 bits per heavy atom. The molecule has 1 saturated heterocycles. The van der Waals surface area contributed by atoms with Crippen molar-refractivity contribution >= 4 is 29.5 Å². The monoisotopic (exact) mass is 464 g/mol. The third-order valence-corrected chi connectivity index (χ3v) is 6.65. The number of piperidine rings is 1. The number of amides is 1. The molecule has 2 aromatic rings. The second-order valence-electron chi connectivity index (χ2n) is 8.19. The molecule has 2 aromatic carbocycles. The average molecular weight is 465 g/mol. The topological polar surface area (TPSA) is 61.8 Å². The molecule has 5 nitrogen and oxygen atoms in total. The first-order valence-corrected chi connectivity index (χ1v) is 11.4. The van der Waals surface area contributed by atoms with E-state index in [2.05, 4.69) is 16.1 Å². The number of alkyl carbamates (subject to hydrolysis) is 1. The van der Waals surface area contributed by atoms with E-state index in [1.54, 1.807) is 4.42 Å². The fourth-order valence-corrected chi connectivity index (χ4v) is 5.05. The number of methoxy groups -OCH3 is 1. The minimum absolute atomic E-state index is 0.0566. The molecule has 3 rings (SSSR count). The van der Waals surface area contributed by atoms with Gasteiger partial charge in [0, 0.05) is 36.1 Å². The van der Waals surface area contributed by atoms with E-state index >= 15 is 0 Å². The molecule has 2 N–H and O–H groups in total. The van der Waals surface area contributed by atoms with Crippen molar-refractivity contribution in [3.8, 4) is 11.1 Å². The zero-order valence-electron chi connectivity index (χ0n) is 18.0. The lowest BCUT2D eigenvalue weighted by atomic mass is 9.72. The van der Waals surface area contributed by atoms with Gasteiger partial charge in [0.2, 0.25) is 0 Å². The summed E-state index contributed by atoms with van der Waals surface area (Å²) < 4.78 is 6.40. The lowest BCUT2D eigenvalue weighted by molar-refractivity contribution is -0.0507. The second kappa shape index (κ2) is 10.7. The lowest BCUT2D eigenvalue weighted by Gasteiger charge is -2.42. The predicted octanol–water partition coefficient (Wildman–Crippen LogP) is 5.51. The number of benzene rings is 2. The highest BCUT2D eigenvalue weighted by atomic mass is 35.5. The van der Waals surface area contributed by atoms with E-state index in [0.29, 0.717) is 31.0 Å². The van der Waals surface area contributed by atoms with Crippen LogP contribution in [0, 0.1) is 12.8 Å². The highest BCUT2D eigenvalue weighted by Crippen LogP contribution is 2.45. The Hall–Kier alpha value is -1.79. The number of aliphatic hydroxyl groups is 1. The van der Waals surface area contributed by atoms with Crippen molar-refractivity contribution in [1.29, 1.82) is 0 Å². The standard InChI is InChI=1S/C24H30Cl2N2O3/c1-17-7-3-8-18(15-17)22-20(10-4-11-21(22)25)24(30,12-6-13-27-23(29)31-2)19-9-5-14-28(26)16-19/h3-4,7-8,10-11,15,19,30H,5-6,9,12-14,16H2,1-2H3,(H,27,29)/t19-,24+/m1/s1. The number of rotatable bonds is 7. The summed E-state index contributed by atoms with van der Waals surface area (Å²) in [7, 11) is 1.34. The first-order chi connectivity index (χ1) is 14.8. The van der Waals surface area contributed by atoms with E-state index in [1.165, 1.54) is 7.11 Å². The molecule has 168 valence electrons. The van der Waals surface area contributed by atoms with Gasteiger partial charge in [-0.1, -0.05) is 53.6 Å². The van der Waals surface area contributed by atoms with Crippen LogP contribution < -0.4 is 5.32 Å². The summed E-state index contributed by atoms with van der Waals surface area (Å²) in [6, 6.07) is 13.8. The van der Waals surface area contributed by atoms with Crippen LogP contribution in [0.2, 0.25) is 5.02 Å². The molecule has 0 unspecified atom stereocenters. The van der Waals surface area contributed by atoms with Gasteiger partial charge in [0.05, 0.1) is 12.7 Å². The maximum Gasteiger partial charge on any atom is 0.406 e. The maximum absolute atomic E-state index is 12.2. The normalized spacial score (nSPS) is 18.9. The molecule has 2 atom stereocenters.